The highest BCUT2D eigenvalue weighted by Gasteiger charge is 2.08. The number of methoxy groups -OCH3 is 1. The molecule has 0 unspecified atom stereocenters. The van der Waals surface area contributed by atoms with Crippen LogP contribution in [0, 0.1) is 0 Å². The highest BCUT2D eigenvalue weighted by atomic mass is 16.5. The normalized spacial score (nSPS) is 10.2. The molecule has 1 aromatic heterocycles. The van der Waals surface area contributed by atoms with Gasteiger partial charge in [-0.05, 0) is 18.2 Å². The first kappa shape index (κ1) is 9.45. The summed E-state index contributed by atoms with van der Waals surface area (Å²) in [7, 11) is 1.48. The van der Waals surface area contributed by atoms with E-state index in [0.717, 1.165) is 0 Å². The van der Waals surface area contributed by atoms with Gasteiger partial charge in [0.1, 0.15) is 5.75 Å². The predicted octanol–water partition coefficient (Wildman–Crippen LogP) is 1.35. The quantitative estimate of drug-likeness (QED) is 0.749. The summed E-state index contributed by atoms with van der Waals surface area (Å²) in [6, 6.07) is 4.90. The van der Waals surface area contributed by atoms with Crippen LogP contribution in [0.25, 0.3) is 10.8 Å². The third-order valence-electron chi connectivity index (χ3n) is 2.27. The number of fused-ring (bicyclic) bond motifs is 1. The summed E-state index contributed by atoms with van der Waals surface area (Å²) in [6.45, 7) is 0. The summed E-state index contributed by atoms with van der Waals surface area (Å²) in [6.07, 6.45) is 2.24. The van der Waals surface area contributed by atoms with Gasteiger partial charge >= 0.3 is 0 Å². The SMILES string of the molecule is COc1c(C=O)ccc2c(=O)[nH]ccc12. The maximum absolute atomic E-state index is 11.4. The molecule has 0 spiro atoms. The van der Waals surface area contributed by atoms with Crippen molar-refractivity contribution in [2.45, 2.75) is 0 Å². The number of hydrogen-bond acceptors (Lipinski definition) is 3. The molecule has 76 valence electrons. The highest BCUT2D eigenvalue weighted by Crippen LogP contribution is 2.26. The molecule has 0 fully saturated rings. The van der Waals surface area contributed by atoms with E-state index < -0.39 is 0 Å². The van der Waals surface area contributed by atoms with E-state index in [1.165, 1.54) is 13.3 Å². The van der Waals surface area contributed by atoms with E-state index in [9.17, 15) is 9.59 Å². The summed E-state index contributed by atoms with van der Waals surface area (Å²) in [4.78, 5) is 24.8. The Bertz CT molecular complexity index is 572. The number of aldehydes is 1. The van der Waals surface area contributed by atoms with Crippen LogP contribution in [0.2, 0.25) is 0 Å². The zero-order valence-electron chi connectivity index (χ0n) is 8.11. The van der Waals surface area contributed by atoms with Crippen LogP contribution < -0.4 is 10.3 Å². The molecule has 0 amide bonds. The third kappa shape index (κ3) is 1.40. The zero-order valence-corrected chi connectivity index (χ0v) is 8.11. The fourth-order valence-electron chi connectivity index (χ4n) is 1.58. The number of carbonyl (C=O) groups is 1. The number of rotatable bonds is 2. The Kier molecular flexibility index (Phi) is 2.25. The van der Waals surface area contributed by atoms with Crippen molar-refractivity contribution in [3.8, 4) is 5.75 Å². The number of H-pyrrole nitrogens is 1. The average molecular weight is 203 g/mol. The van der Waals surface area contributed by atoms with E-state index in [-0.39, 0.29) is 5.56 Å². The largest absolute Gasteiger partial charge is 0.495 e. The van der Waals surface area contributed by atoms with Crippen LogP contribution in [0.3, 0.4) is 0 Å². The molecule has 1 heterocycles. The van der Waals surface area contributed by atoms with E-state index in [1.807, 2.05) is 0 Å². The molecule has 2 aromatic rings. The zero-order chi connectivity index (χ0) is 10.8. The predicted molar refractivity (Wildman–Crippen MR) is 56.5 cm³/mol. The molecule has 0 bridgehead atoms. The molecule has 15 heavy (non-hydrogen) atoms. The van der Waals surface area contributed by atoms with Gasteiger partial charge < -0.3 is 9.72 Å². The van der Waals surface area contributed by atoms with Gasteiger partial charge in [0, 0.05) is 11.6 Å². The van der Waals surface area contributed by atoms with Crippen LogP contribution in [-0.2, 0) is 0 Å². The van der Waals surface area contributed by atoms with Gasteiger partial charge in [0.25, 0.3) is 5.56 Å². The number of benzene rings is 1. The lowest BCUT2D eigenvalue weighted by atomic mass is 10.1. The Morgan fingerprint density at radius 2 is 2.07 bits per heavy atom. The van der Waals surface area contributed by atoms with Gasteiger partial charge in [-0.25, -0.2) is 0 Å². The first-order valence-electron chi connectivity index (χ1n) is 4.41. The Morgan fingerprint density at radius 1 is 1.27 bits per heavy atom. The van der Waals surface area contributed by atoms with Crippen LogP contribution >= 0.6 is 0 Å². The second-order valence-electron chi connectivity index (χ2n) is 3.07. The van der Waals surface area contributed by atoms with Crippen molar-refractivity contribution < 1.29 is 9.53 Å². The number of aromatic amines is 1. The summed E-state index contributed by atoms with van der Waals surface area (Å²) >= 11 is 0. The molecule has 1 N–H and O–H groups in total. The van der Waals surface area contributed by atoms with Crippen molar-refractivity contribution in [3.63, 3.8) is 0 Å². The van der Waals surface area contributed by atoms with Crippen LogP contribution in [0.4, 0.5) is 0 Å². The maximum Gasteiger partial charge on any atom is 0.255 e. The molecule has 0 aliphatic carbocycles. The molecular weight excluding hydrogens is 194 g/mol. The Labute approximate surface area is 85.5 Å². The minimum absolute atomic E-state index is 0.191. The molecule has 4 heteroatoms. The van der Waals surface area contributed by atoms with Crippen LogP contribution in [0.5, 0.6) is 5.75 Å². The monoisotopic (exact) mass is 203 g/mol. The second-order valence-corrected chi connectivity index (χ2v) is 3.07. The Morgan fingerprint density at radius 3 is 2.73 bits per heavy atom. The van der Waals surface area contributed by atoms with E-state index in [4.69, 9.17) is 4.74 Å². The molecule has 0 saturated heterocycles. The second kappa shape index (κ2) is 3.57. The molecule has 0 aliphatic rings. The molecular formula is C11H9NO3. The first-order chi connectivity index (χ1) is 7.27. The molecule has 2 rings (SSSR count). The smallest absolute Gasteiger partial charge is 0.255 e. The van der Waals surface area contributed by atoms with E-state index in [2.05, 4.69) is 4.98 Å². The Hall–Kier alpha value is -2.10. The van der Waals surface area contributed by atoms with Gasteiger partial charge in [-0.1, -0.05) is 0 Å². The lowest BCUT2D eigenvalue weighted by molar-refractivity contribution is 0.112. The summed E-state index contributed by atoms with van der Waals surface area (Å²) in [5, 5.41) is 1.16. The van der Waals surface area contributed by atoms with E-state index in [0.29, 0.717) is 28.4 Å². The highest BCUT2D eigenvalue weighted by molar-refractivity contribution is 5.95. The van der Waals surface area contributed by atoms with Crippen molar-refractivity contribution in [2.24, 2.45) is 0 Å². The molecule has 0 aliphatic heterocycles. The fraction of sp³-hybridized carbons (Fsp3) is 0.0909. The molecule has 0 atom stereocenters. The number of hydrogen-bond donors (Lipinski definition) is 1. The van der Waals surface area contributed by atoms with E-state index in [1.54, 1.807) is 18.2 Å². The maximum atomic E-state index is 11.4. The molecule has 4 nitrogen and oxygen atoms in total. The van der Waals surface area contributed by atoms with Crippen LogP contribution in [0.15, 0.2) is 29.2 Å². The van der Waals surface area contributed by atoms with Gasteiger partial charge in [0.15, 0.2) is 6.29 Å². The number of carbonyl (C=O) groups excluding carboxylic acids is 1. The topological polar surface area (TPSA) is 59.2 Å². The summed E-state index contributed by atoms with van der Waals surface area (Å²) in [5.41, 5.74) is 0.249. The van der Waals surface area contributed by atoms with Crippen molar-refractivity contribution in [1.82, 2.24) is 4.98 Å². The van der Waals surface area contributed by atoms with Gasteiger partial charge in [-0.2, -0.15) is 0 Å². The summed E-state index contributed by atoms with van der Waals surface area (Å²) < 4.78 is 5.12. The standard InChI is InChI=1S/C11H9NO3/c1-15-10-7(6-13)2-3-9-8(10)4-5-12-11(9)14/h2-6H,1H3,(H,12,14). The van der Waals surface area contributed by atoms with Crippen molar-refractivity contribution >= 4 is 17.1 Å². The van der Waals surface area contributed by atoms with Crippen molar-refractivity contribution in [3.05, 3.63) is 40.3 Å². The van der Waals surface area contributed by atoms with Gasteiger partial charge in [0.2, 0.25) is 0 Å². The number of aromatic nitrogens is 1. The number of pyridine rings is 1. The molecule has 1 aromatic carbocycles. The van der Waals surface area contributed by atoms with Gasteiger partial charge in [-0.3, -0.25) is 9.59 Å². The Balaban J connectivity index is 2.94. The fourth-order valence-corrected chi connectivity index (χ4v) is 1.58. The minimum Gasteiger partial charge on any atom is -0.495 e. The van der Waals surface area contributed by atoms with Crippen LogP contribution in [0.1, 0.15) is 10.4 Å². The third-order valence-corrected chi connectivity index (χ3v) is 2.27. The first-order valence-corrected chi connectivity index (χ1v) is 4.41. The van der Waals surface area contributed by atoms with Gasteiger partial charge in [0.05, 0.1) is 18.1 Å². The van der Waals surface area contributed by atoms with Crippen molar-refractivity contribution in [1.29, 1.82) is 0 Å². The van der Waals surface area contributed by atoms with E-state index >= 15 is 0 Å². The lowest BCUT2D eigenvalue weighted by Gasteiger charge is -2.06. The summed E-state index contributed by atoms with van der Waals surface area (Å²) in [5.74, 6) is 0.439. The molecule has 0 saturated carbocycles. The number of nitrogens with one attached hydrogen (secondary N) is 1. The average Bonchev–Trinajstić information content (AvgIpc) is 2.28. The van der Waals surface area contributed by atoms with Gasteiger partial charge in [-0.15, -0.1) is 0 Å². The minimum atomic E-state index is -0.191. The molecule has 0 radical (unpaired) electrons. The van der Waals surface area contributed by atoms with Crippen molar-refractivity contribution in [2.75, 3.05) is 7.11 Å². The lowest BCUT2D eigenvalue weighted by Crippen LogP contribution is -2.05. The number of ether oxygens (including phenoxy) is 1. The van der Waals surface area contributed by atoms with Crippen LogP contribution in [-0.4, -0.2) is 18.4 Å².